The van der Waals surface area contributed by atoms with Crippen molar-refractivity contribution in [2.45, 2.75) is 255 Å². The monoisotopic (exact) mass is 1460 g/mol. The zero-order valence-corrected chi connectivity index (χ0v) is 63.1. The third-order valence-corrected chi connectivity index (χ3v) is 39.5. The summed E-state index contributed by atoms with van der Waals surface area (Å²) in [5.41, 5.74) is 22.3. The highest BCUT2D eigenvalue weighted by Crippen LogP contribution is 2.51. The third kappa shape index (κ3) is 16.1. The summed E-state index contributed by atoms with van der Waals surface area (Å²) < 4.78 is 70.2. The van der Waals surface area contributed by atoms with E-state index in [0.29, 0.717) is 6.61 Å². The van der Waals surface area contributed by atoms with Crippen LogP contribution in [0.1, 0.15) is 192 Å². The molecule has 4 aromatic heterocycles. The topological polar surface area (TPSA) is 509 Å². The van der Waals surface area contributed by atoms with Crippen LogP contribution in [0.25, 0.3) is 0 Å². The molecular weight excluding hydrogens is 1350 g/mol. The van der Waals surface area contributed by atoms with Crippen molar-refractivity contribution in [2.24, 2.45) is 34.8 Å². The van der Waals surface area contributed by atoms with Gasteiger partial charge < -0.3 is 98.5 Å². The van der Waals surface area contributed by atoms with E-state index in [1.807, 2.05) is 0 Å². The number of nitrogens with zero attached hydrogens (tertiary/aromatic N) is 12. The minimum atomic E-state index is -2.87. The molecule has 0 aromatic carbocycles. The Hall–Kier alpha value is -5.33. The van der Waals surface area contributed by atoms with Gasteiger partial charge in [0.25, 0.3) is 23.6 Å². The molecule has 14 N–H and O–H groups in total. The van der Waals surface area contributed by atoms with Crippen LogP contribution in [0.5, 0.6) is 0 Å². The molecule has 6 aliphatic heterocycles. The molecule has 0 bridgehead atoms. The molecule has 6 saturated heterocycles. The number of hydrogen-bond donors (Lipinski definition) is 10. The van der Waals surface area contributed by atoms with Crippen molar-refractivity contribution in [3.8, 4) is 0 Å². The van der Waals surface area contributed by atoms with Crippen LogP contribution in [-0.4, -0.2) is 235 Å². The summed E-state index contributed by atoms with van der Waals surface area (Å²) in [5, 5.41) is 73.9. The summed E-state index contributed by atoms with van der Waals surface area (Å²) in [6.45, 7) is 38.5. The first kappa shape index (κ1) is 80.0. The quantitative estimate of drug-likeness (QED) is 0.0634. The average Bonchev–Trinajstić information content (AvgIpc) is 1.30. The van der Waals surface area contributed by atoms with E-state index in [2.05, 4.69) is 158 Å². The number of rotatable bonds is 18. The lowest BCUT2D eigenvalue weighted by Crippen LogP contribution is -2.65. The second-order valence-corrected chi connectivity index (χ2v) is 45.8. The van der Waals surface area contributed by atoms with Gasteiger partial charge in [0, 0.05) is 11.8 Å². The molecule has 40 heteroatoms. The van der Waals surface area contributed by atoms with Crippen LogP contribution in [-0.2, 0) is 44.9 Å². The maximum absolute atomic E-state index is 11.5. The second-order valence-electron chi connectivity index (χ2n) is 28.1. The normalized spacial score (nSPS) is 31.0. The maximum Gasteiger partial charge on any atom is 0.335 e. The summed E-state index contributed by atoms with van der Waals surface area (Å²) in [6.07, 6.45) is -5.07. The molecule has 0 radical (unpaired) electrons. The molecule has 0 aliphatic carbocycles. The molecule has 4 amide bonds. The Labute approximate surface area is 574 Å². The highest BCUT2D eigenvalue weighted by atomic mass is 28.5. The molecule has 10 rings (SSSR count). The van der Waals surface area contributed by atoms with E-state index in [1.54, 1.807) is 11.6 Å². The number of primary amides is 4. The fourth-order valence-corrected chi connectivity index (χ4v) is 36.0. The van der Waals surface area contributed by atoms with Gasteiger partial charge in [0.2, 0.25) is 23.3 Å². The number of fused-ring (bicyclic) bond motifs is 2. The van der Waals surface area contributed by atoms with Crippen molar-refractivity contribution < 1.29 is 94.7 Å². The number of aliphatic hydroxyl groups is 6. The highest BCUT2D eigenvalue weighted by molar-refractivity contribution is 6.84. The minimum Gasteiger partial charge on any atom is -0.414 e. The predicted octanol–water partition coefficient (Wildman–Crippen LogP) is 1.71. The van der Waals surface area contributed by atoms with Crippen LogP contribution >= 0.6 is 0 Å². The Bertz CT molecular complexity index is 3060. The highest BCUT2D eigenvalue weighted by Gasteiger charge is 2.64. The lowest BCUT2D eigenvalue weighted by atomic mass is 10.0. The smallest absolute Gasteiger partial charge is 0.335 e. The van der Waals surface area contributed by atoms with Crippen LogP contribution in [0.3, 0.4) is 0 Å². The Balaban J connectivity index is 0.000000192. The van der Waals surface area contributed by atoms with Gasteiger partial charge in [0.05, 0.1) is 38.6 Å². The van der Waals surface area contributed by atoms with E-state index < -0.39 is 138 Å². The summed E-state index contributed by atoms with van der Waals surface area (Å²) in [7, 11) is -10.9. The number of hydrogen-bond acceptors (Lipinski definition) is 28. The Morgan fingerprint density at radius 2 is 0.704 bits per heavy atom. The van der Waals surface area contributed by atoms with Gasteiger partial charge >= 0.3 is 34.2 Å². The number of nitrogens with two attached hydrogens (primary N) is 4. The fraction of sp³-hybridized carbons (Fsp3) is 0.793. The number of carbonyl (C=O) groups excluding carboxylic acids is 4. The van der Waals surface area contributed by atoms with Crippen LogP contribution in [0.2, 0.25) is 44.3 Å². The molecule has 36 nitrogen and oxygen atoms in total. The first-order valence-corrected chi connectivity index (χ1v) is 41.1. The van der Waals surface area contributed by atoms with Crippen molar-refractivity contribution in [3.05, 3.63) is 48.6 Å². The number of carbonyl (C=O) groups is 4. The van der Waals surface area contributed by atoms with Crippen molar-refractivity contribution in [1.82, 2.24) is 59.1 Å². The molecular formula is C58H104N16O20Si4. The van der Waals surface area contributed by atoms with Gasteiger partial charge in [-0.05, 0) is 44.3 Å². The Kier molecular flexibility index (Phi) is 26.4. The molecule has 16 atom stereocenters. The molecule has 6 fully saturated rings. The van der Waals surface area contributed by atoms with Gasteiger partial charge in [0.1, 0.15) is 74.1 Å². The number of ether oxygens (including phenoxy) is 4. The summed E-state index contributed by atoms with van der Waals surface area (Å²) >= 11 is 0. The van der Waals surface area contributed by atoms with Crippen molar-refractivity contribution in [2.75, 3.05) is 26.4 Å². The van der Waals surface area contributed by atoms with Crippen LogP contribution in [0.4, 0.5) is 0 Å². The summed E-state index contributed by atoms with van der Waals surface area (Å²) in [6, 6.07) is 0. The number of aromatic nitrogens is 12. The van der Waals surface area contributed by atoms with E-state index >= 15 is 0 Å². The number of amides is 4. The zero-order valence-electron chi connectivity index (χ0n) is 59.1. The lowest BCUT2D eigenvalue weighted by molar-refractivity contribution is -0.0631. The van der Waals surface area contributed by atoms with Gasteiger partial charge in [-0.2, -0.15) is 0 Å². The maximum atomic E-state index is 11.5. The predicted molar refractivity (Wildman–Crippen MR) is 354 cm³/mol. The minimum absolute atomic E-state index is 0.0234. The standard InChI is InChI=1S/C21H40N4O5Si2.C20H38N4O6Si2.C9H14N4O4.C8H12N4O5/c1-12(2)31(13(3)4)27-10-17-18(29-32(30-31,14(5)6)15(7)8)16(9)21(28-17)25-11-23-20(24-25)19(22)26;1-11(2)31(12(3)4)27-9-15-17(29-32(30-31,13(5)6)14(7)8)16(25)20(28-15)24-10-22-19(23-24)18(21)26;1-4-6(15)5(2-14)17-9(4)13-3-11-8(12-13)7(10)16;9-6(16)7-10-2-12(11-7)8-5(15)4(14)3(1-13)17-8/h11-18,21H,10H2,1-9H3,(H2,22,26);10-17,20,25H,9H2,1-8H3,(H2,21,26);3-6,9,14-15H,2H2,1H3,(H2,10,16);2-5,8,13-15H,1H2,(H2,9,16)/t16-,17-,18+,21-;15-,16-,17-,20-;4-,5-,6+,9-;3-,4-,5-,8-/m1111/s1. The third-order valence-electron chi connectivity index (χ3n) is 19.0. The van der Waals surface area contributed by atoms with Gasteiger partial charge in [-0.3, -0.25) is 19.2 Å². The van der Waals surface area contributed by atoms with Gasteiger partial charge in [-0.1, -0.05) is 125 Å². The fourth-order valence-electron chi connectivity index (χ4n) is 13.5. The van der Waals surface area contributed by atoms with Crippen LogP contribution in [0.15, 0.2) is 25.3 Å². The largest absolute Gasteiger partial charge is 0.414 e. The van der Waals surface area contributed by atoms with Crippen molar-refractivity contribution in [3.63, 3.8) is 0 Å². The zero-order chi connectivity index (χ0) is 73.2. The average molecular weight is 1460 g/mol. The van der Waals surface area contributed by atoms with E-state index in [4.69, 9.17) is 78.0 Å². The van der Waals surface area contributed by atoms with E-state index in [9.17, 15) is 39.6 Å². The molecule has 0 spiro atoms. The first-order chi connectivity index (χ1) is 45.8. The molecule has 6 aliphatic rings. The molecule has 0 unspecified atom stereocenters. The molecule has 98 heavy (non-hydrogen) atoms. The van der Waals surface area contributed by atoms with Crippen LogP contribution in [0, 0.1) is 11.8 Å². The molecule has 10 heterocycles. The van der Waals surface area contributed by atoms with E-state index in [-0.39, 0.29) is 105 Å². The van der Waals surface area contributed by atoms with Gasteiger partial charge in [-0.15, -0.1) is 20.4 Å². The van der Waals surface area contributed by atoms with Crippen molar-refractivity contribution in [1.29, 1.82) is 0 Å². The van der Waals surface area contributed by atoms with Crippen molar-refractivity contribution >= 4 is 57.9 Å². The summed E-state index contributed by atoms with van der Waals surface area (Å²) in [4.78, 5) is 59.8. The van der Waals surface area contributed by atoms with Gasteiger partial charge in [0.15, 0.2) is 24.9 Å². The first-order valence-electron chi connectivity index (χ1n) is 33.2. The van der Waals surface area contributed by atoms with E-state index in [0.717, 1.165) is 11.0 Å². The number of aliphatic hydroxyl groups excluding tert-OH is 6. The summed E-state index contributed by atoms with van der Waals surface area (Å²) in [5.74, 6) is -3.74. The SMILES string of the molecule is CC(C)[Si]1(C(C)C)OC[C@H]2O[C@@H](n3cnc(C(N)=O)n3)[C@H](C)[C@@H]2O[Si](C(C)C)(C(C)C)O1.CC(C)[Si]1(C(C)C)OC[C@H]2O[C@@H](n3cnc(C(N)=O)n3)[C@H](O)[C@@H]2O[Si](C(C)C)(C(C)C)O1.C[C@@H]1[C@H](O)[C@@H](CO)O[C@H]1n1cnc(C(N)=O)n1.NC(=O)c1ncn([C@@H]2O[C@H](CO)[C@@H](O)[C@H]2O)n1. The van der Waals surface area contributed by atoms with E-state index in [1.165, 1.54) is 28.3 Å². The van der Waals surface area contributed by atoms with Gasteiger partial charge in [-0.25, -0.2) is 38.7 Å². The molecule has 4 aromatic rings. The molecule has 0 saturated carbocycles. The van der Waals surface area contributed by atoms with Crippen LogP contribution < -0.4 is 22.9 Å². The lowest BCUT2D eigenvalue weighted by Gasteiger charge is -2.51. The Morgan fingerprint density at radius 1 is 0.418 bits per heavy atom. The molecule has 552 valence electrons. The second kappa shape index (κ2) is 32.3. The Morgan fingerprint density at radius 3 is 1.01 bits per heavy atom.